The molecule has 0 spiro atoms. The van der Waals surface area contributed by atoms with Gasteiger partial charge in [0.2, 0.25) is 0 Å². The number of aliphatic hydroxyl groups is 1. The Hall–Kier alpha value is -2.73. The molecule has 0 aliphatic heterocycles. The number of aromatic nitrogens is 2. The fraction of sp³-hybridized carbons (Fsp3) is 0.0714. The standard InChI is InChI=1S/C14H11N3O3/c18-9-10-4-5-16-8-13(15-14(16)6-10)11-2-1-3-12(7-11)17(19)20/h1-8,18H,9H2. The molecule has 0 amide bonds. The van der Waals surface area contributed by atoms with E-state index in [1.807, 2.05) is 4.40 Å². The van der Waals surface area contributed by atoms with Crippen LogP contribution in [0.2, 0.25) is 0 Å². The predicted octanol–water partition coefficient (Wildman–Crippen LogP) is 2.40. The zero-order valence-electron chi connectivity index (χ0n) is 10.4. The van der Waals surface area contributed by atoms with E-state index in [4.69, 9.17) is 5.11 Å². The smallest absolute Gasteiger partial charge is 0.270 e. The molecule has 0 bridgehead atoms. The third kappa shape index (κ3) is 2.12. The van der Waals surface area contributed by atoms with Crippen molar-refractivity contribution in [3.05, 3.63) is 64.5 Å². The molecule has 0 radical (unpaired) electrons. The highest BCUT2D eigenvalue weighted by Crippen LogP contribution is 2.23. The van der Waals surface area contributed by atoms with Crippen LogP contribution in [0.1, 0.15) is 5.56 Å². The van der Waals surface area contributed by atoms with Gasteiger partial charge in [-0.15, -0.1) is 0 Å². The van der Waals surface area contributed by atoms with Gasteiger partial charge in [0.1, 0.15) is 5.65 Å². The molecule has 0 fully saturated rings. The number of nitro groups is 1. The highest BCUT2D eigenvalue weighted by molar-refractivity contribution is 5.65. The first-order chi connectivity index (χ1) is 9.67. The molecule has 0 unspecified atom stereocenters. The van der Waals surface area contributed by atoms with Crippen LogP contribution in [0, 0.1) is 10.1 Å². The van der Waals surface area contributed by atoms with E-state index >= 15 is 0 Å². The lowest BCUT2D eigenvalue weighted by molar-refractivity contribution is -0.384. The molecule has 0 saturated heterocycles. The SMILES string of the molecule is O=[N+]([O-])c1cccc(-c2cn3ccc(CO)cc3n2)c1. The summed E-state index contributed by atoms with van der Waals surface area (Å²) in [6.07, 6.45) is 3.60. The van der Waals surface area contributed by atoms with E-state index < -0.39 is 4.92 Å². The van der Waals surface area contributed by atoms with Crippen molar-refractivity contribution in [1.82, 2.24) is 9.38 Å². The maximum Gasteiger partial charge on any atom is 0.270 e. The Morgan fingerprint density at radius 3 is 2.90 bits per heavy atom. The summed E-state index contributed by atoms with van der Waals surface area (Å²) in [6.45, 7) is -0.0461. The third-order valence-corrected chi connectivity index (χ3v) is 3.06. The lowest BCUT2D eigenvalue weighted by atomic mass is 10.1. The van der Waals surface area contributed by atoms with Gasteiger partial charge in [-0.3, -0.25) is 10.1 Å². The molecule has 2 aromatic heterocycles. The second-order valence-corrected chi connectivity index (χ2v) is 4.39. The monoisotopic (exact) mass is 269 g/mol. The maximum absolute atomic E-state index is 10.8. The average molecular weight is 269 g/mol. The van der Waals surface area contributed by atoms with Crippen LogP contribution in [0.15, 0.2) is 48.8 Å². The predicted molar refractivity (Wildman–Crippen MR) is 73.2 cm³/mol. The van der Waals surface area contributed by atoms with Gasteiger partial charge in [0.05, 0.1) is 17.2 Å². The van der Waals surface area contributed by atoms with Crippen LogP contribution in [0.3, 0.4) is 0 Å². The number of pyridine rings is 1. The molecule has 100 valence electrons. The van der Waals surface area contributed by atoms with E-state index in [2.05, 4.69) is 4.98 Å². The first kappa shape index (κ1) is 12.3. The minimum absolute atomic E-state index is 0.0376. The van der Waals surface area contributed by atoms with Crippen molar-refractivity contribution in [2.45, 2.75) is 6.61 Å². The molecule has 1 N–H and O–H groups in total. The Bertz CT molecular complexity index is 795. The van der Waals surface area contributed by atoms with Gasteiger partial charge in [-0.25, -0.2) is 4.98 Å². The number of benzene rings is 1. The largest absolute Gasteiger partial charge is 0.392 e. The summed E-state index contributed by atoms with van der Waals surface area (Å²) in [5.41, 5.74) is 2.85. The van der Waals surface area contributed by atoms with E-state index in [1.165, 1.54) is 12.1 Å². The number of hydrogen-bond acceptors (Lipinski definition) is 4. The van der Waals surface area contributed by atoms with E-state index in [0.29, 0.717) is 16.9 Å². The Kier molecular flexibility index (Phi) is 2.92. The molecular weight excluding hydrogens is 258 g/mol. The van der Waals surface area contributed by atoms with Crippen LogP contribution in [-0.2, 0) is 6.61 Å². The van der Waals surface area contributed by atoms with Crippen molar-refractivity contribution in [1.29, 1.82) is 0 Å². The number of non-ortho nitro benzene ring substituents is 1. The Morgan fingerprint density at radius 1 is 1.30 bits per heavy atom. The molecule has 20 heavy (non-hydrogen) atoms. The summed E-state index contributed by atoms with van der Waals surface area (Å²) in [4.78, 5) is 14.8. The van der Waals surface area contributed by atoms with Gasteiger partial charge < -0.3 is 9.51 Å². The summed E-state index contributed by atoms with van der Waals surface area (Å²) in [5.74, 6) is 0. The van der Waals surface area contributed by atoms with Crippen molar-refractivity contribution >= 4 is 11.3 Å². The van der Waals surface area contributed by atoms with Crippen molar-refractivity contribution < 1.29 is 10.0 Å². The van der Waals surface area contributed by atoms with E-state index in [9.17, 15) is 10.1 Å². The second kappa shape index (κ2) is 4.75. The molecule has 0 atom stereocenters. The van der Waals surface area contributed by atoms with Gasteiger partial charge in [-0.1, -0.05) is 12.1 Å². The van der Waals surface area contributed by atoms with Crippen molar-refractivity contribution in [3.63, 3.8) is 0 Å². The number of fused-ring (bicyclic) bond motifs is 1. The van der Waals surface area contributed by atoms with Gasteiger partial charge >= 0.3 is 0 Å². The molecule has 0 aliphatic carbocycles. The first-order valence-electron chi connectivity index (χ1n) is 6.01. The molecule has 6 heteroatoms. The fourth-order valence-corrected chi connectivity index (χ4v) is 2.04. The van der Waals surface area contributed by atoms with Gasteiger partial charge in [0, 0.05) is 30.1 Å². The molecule has 2 heterocycles. The molecule has 6 nitrogen and oxygen atoms in total. The quantitative estimate of drug-likeness (QED) is 0.584. The van der Waals surface area contributed by atoms with Crippen molar-refractivity contribution in [2.24, 2.45) is 0 Å². The van der Waals surface area contributed by atoms with Gasteiger partial charge in [-0.2, -0.15) is 0 Å². The number of imidazole rings is 1. The molecule has 3 rings (SSSR count). The van der Waals surface area contributed by atoms with Gasteiger partial charge in [-0.05, 0) is 17.7 Å². The van der Waals surface area contributed by atoms with Crippen LogP contribution >= 0.6 is 0 Å². The van der Waals surface area contributed by atoms with Gasteiger partial charge in [0.15, 0.2) is 0 Å². The lowest BCUT2D eigenvalue weighted by Crippen LogP contribution is -1.87. The Balaban J connectivity index is 2.10. The number of hydrogen-bond donors (Lipinski definition) is 1. The molecular formula is C14H11N3O3. The third-order valence-electron chi connectivity index (χ3n) is 3.06. The van der Waals surface area contributed by atoms with Crippen molar-refractivity contribution in [2.75, 3.05) is 0 Å². The number of nitro benzene ring substituents is 1. The molecule has 3 aromatic rings. The molecule has 0 aliphatic rings. The maximum atomic E-state index is 10.8. The minimum atomic E-state index is -0.427. The summed E-state index contributed by atoms with van der Waals surface area (Å²) in [7, 11) is 0. The summed E-state index contributed by atoms with van der Waals surface area (Å²) >= 11 is 0. The van der Waals surface area contributed by atoms with E-state index in [0.717, 1.165) is 5.56 Å². The Labute approximate surface area is 114 Å². The summed E-state index contributed by atoms with van der Waals surface area (Å²) in [6, 6.07) is 9.93. The topological polar surface area (TPSA) is 80.7 Å². The second-order valence-electron chi connectivity index (χ2n) is 4.39. The van der Waals surface area contributed by atoms with E-state index in [-0.39, 0.29) is 12.3 Å². The van der Waals surface area contributed by atoms with Crippen LogP contribution in [0.4, 0.5) is 5.69 Å². The molecule has 1 aromatic carbocycles. The summed E-state index contributed by atoms with van der Waals surface area (Å²) < 4.78 is 1.81. The highest BCUT2D eigenvalue weighted by atomic mass is 16.6. The Morgan fingerprint density at radius 2 is 2.15 bits per heavy atom. The van der Waals surface area contributed by atoms with Crippen LogP contribution in [0.5, 0.6) is 0 Å². The van der Waals surface area contributed by atoms with Crippen LogP contribution in [-0.4, -0.2) is 19.4 Å². The normalized spacial score (nSPS) is 10.8. The first-order valence-corrected chi connectivity index (χ1v) is 6.01. The lowest BCUT2D eigenvalue weighted by Gasteiger charge is -1.95. The van der Waals surface area contributed by atoms with Crippen LogP contribution < -0.4 is 0 Å². The van der Waals surface area contributed by atoms with Crippen molar-refractivity contribution in [3.8, 4) is 11.3 Å². The number of nitrogens with zero attached hydrogens (tertiary/aromatic N) is 3. The van der Waals surface area contributed by atoms with E-state index in [1.54, 1.807) is 36.7 Å². The summed E-state index contributed by atoms with van der Waals surface area (Å²) in [5, 5.41) is 19.9. The average Bonchev–Trinajstić information content (AvgIpc) is 2.90. The number of rotatable bonds is 3. The van der Waals surface area contributed by atoms with Gasteiger partial charge in [0.25, 0.3) is 5.69 Å². The highest BCUT2D eigenvalue weighted by Gasteiger charge is 2.10. The van der Waals surface area contributed by atoms with Crippen LogP contribution in [0.25, 0.3) is 16.9 Å². The zero-order chi connectivity index (χ0) is 14.1. The molecule has 0 saturated carbocycles. The number of aliphatic hydroxyl groups excluding tert-OH is 1. The minimum Gasteiger partial charge on any atom is -0.392 e. The zero-order valence-corrected chi connectivity index (χ0v) is 10.4. The fourth-order valence-electron chi connectivity index (χ4n) is 2.04.